The lowest BCUT2D eigenvalue weighted by Gasteiger charge is -2.33. The number of ketones is 1. The number of thioether (sulfide) groups is 1. The van der Waals surface area contributed by atoms with Gasteiger partial charge in [0, 0.05) is 17.5 Å². The average molecular weight is 306 g/mol. The highest BCUT2D eigenvalue weighted by atomic mass is 32.2. The third-order valence-corrected chi connectivity index (χ3v) is 4.66. The summed E-state index contributed by atoms with van der Waals surface area (Å²) in [4.78, 5) is 27.5. The molecule has 1 atom stereocenters. The molecule has 0 radical (unpaired) electrons. The molecule has 2 rings (SSSR count). The maximum absolute atomic E-state index is 12.4. The van der Waals surface area contributed by atoms with Crippen LogP contribution in [0.25, 0.3) is 0 Å². The third kappa shape index (κ3) is 4.08. The largest absolute Gasteiger partial charge is 0.358 e. The average Bonchev–Trinajstić information content (AvgIpc) is 2.54. The minimum atomic E-state index is -0.168. The summed E-state index contributed by atoms with van der Waals surface area (Å²) in [7, 11) is 1.65. The van der Waals surface area contributed by atoms with Gasteiger partial charge < -0.3 is 5.32 Å². The number of nitrogens with zero attached hydrogens (tertiary/aromatic N) is 1. The van der Waals surface area contributed by atoms with Gasteiger partial charge in [0.25, 0.3) is 0 Å². The van der Waals surface area contributed by atoms with E-state index >= 15 is 0 Å². The van der Waals surface area contributed by atoms with Gasteiger partial charge in [0.15, 0.2) is 5.78 Å². The van der Waals surface area contributed by atoms with E-state index in [-0.39, 0.29) is 17.7 Å². The fraction of sp³-hybridized carbons (Fsp3) is 0.500. The first kappa shape index (κ1) is 16.0. The second kappa shape index (κ2) is 7.61. The molecule has 0 bridgehead atoms. The lowest BCUT2D eigenvalue weighted by Crippen LogP contribution is -2.50. The van der Waals surface area contributed by atoms with Crippen molar-refractivity contribution < 1.29 is 9.59 Å². The molecule has 1 N–H and O–H groups in total. The second-order valence-electron chi connectivity index (χ2n) is 5.25. The lowest BCUT2D eigenvalue weighted by atomic mass is 10.00. The van der Waals surface area contributed by atoms with Crippen molar-refractivity contribution in [1.29, 1.82) is 0 Å². The number of hydrogen-bond acceptors (Lipinski definition) is 4. The quantitative estimate of drug-likeness (QED) is 0.669. The molecule has 1 aromatic carbocycles. The van der Waals surface area contributed by atoms with Crippen molar-refractivity contribution in [3.8, 4) is 0 Å². The number of carbonyl (C=O) groups excluding carboxylic acids is 2. The summed E-state index contributed by atoms with van der Waals surface area (Å²) in [6.07, 6.45) is 4.94. The van der Waals surface area contributed by atoms with Gasteiger partial charge >= 0.3 is 0 Å². The molecule has 21 heavy (non-hydrogen) atoms. The molecule has 1 aliphatic rings. The summed E-state index contributed by atoms with van der Waals surface area (Å²) in [5, 5.41) is 2.70. The second-order valence-corrected chi connectivity index (χ2v) is 6.13. The number of hydrogen-bond donors (Lipinski definition) is 1. The maximum Gasteiger partial charge on any atom is 0.237 e. The molecule has 1 aliphatic heterocycles. The molecule has 0 saturated carbocycles. The van der Waals surface area contributed by atoms with Crippen molar-refractivity contribution in [3.63, 3.8) is 0 Å². The van der Waals surface area contributed by atoms with Crippen LogP contribution >= 0.6 is 11.8 Å². The number of piperidine rings is 1. The lowest BCUT2D eigenvalue weighted by molar-refractivity contribution is -0.126. The van der Waals surface area contributed by atoms with E-state index in [4.69, 9.17) is 0 Å². The number of amides is 1. The summed E-state index contributed by atoms with van der Waals surface area (Å²) >= 11 is 1.66. The highest BCUT2D eigenvalue weighted by Crippen LogP contribution is 2.19. The van der Waals surface area contributed by atoms with Crippen LogP contribution in [-0.2, 0) is 4.79 Å². The molecule has 1 unspecified atom stereocenters. The minimum Gasteiger partial charge on any atom is -0.358 e. The highest BCUT2D eigenvalue weighted by Gasteiger charge is 2.29. The number of benzene rings is 1. The van der Waals surface area contributed by atoms with Crippen molar-refractivity contribution >= 4 is 23.5 Å². The van der Waals surface area contributed by atoms with E-state index in [1.807, 2.05) is 35.4 Å². The fourth-order valence-electron chi connectivity index (χ4n) is 2.70. The monoisotopic (exact) mass is 306 g/mol. The Bertz CT molecular complexity index is 502. The number of likely N-dealkylation sites (N-methyl/N-ethyl adjacent to an activating group) is 1. The van der Waals surface area contributed by atoms with Crippen molar-refractivity contribution in [2.45, 2.75) is 30.2 Å². The zero-order valence-corrected chi connectivity index (χ0v) is 13.4. The van der Waals surface area contributed by atoms with Crippen LogP contribution in [0.3, 0.4) is 0 Å². The summed E-state index contributed by atoms with van der Waals surface area (Å²) in [5.74, 6) is 0.0960. The van der Waals surface area contributed by atoms with Gasteiger partial charge in [0.1, 0.15) is 0 Å². The topological polar surface area (TPSA) is 49.4 Å². The molecule has 1 amide bonds. The molecule has 1 fully saturated rings. The van der Waals surface area contributed by atoms with Crippen LogP contribution in [0.1, 0.15) is 29.6 Å². The minimum absolute atomic E-state index is 0.0141. The molecule has 1 saturated heterocycles. The van der Waals surface area contributed by atoms with E-state index in [2.05, 4.69) is 5.32 Å². The number of Topliss-reactive ketones (excluding diaryl/α,β-unsaturated/α-hetero) is 1. The Hall–Kier alpha value is -1.33. The van der Waals surface area contributed by atoms with Crippen molar-refractivity contribution in [3.05, 3.63) is 29.8 Å². The zero-order chi connectivity index (χ0) is 15.2. The first-order valence-electron chi connectivity index (χ1n) is 7.28. The highest BCUT2D eigenvalue weighted by molar-refractivity contribution is 7.98. The fourth-order valence-corrected chi connectivity index (χ4v) is 3.10. The molecular formula is C16H22N2O2S. The van der Waals surface area contributed by atoms with Crippen LogP contribution in [0.2, 0.25) is 0 Å². The number of rotatable bonds is 5. The van der Waals surface area contributed by atoms with Gasteiger partial charge in [0.05, 0.1) is 12.6 Å². The van der Waals surface area contributed by atoms with E-state index < -0.39 is 0 Å². The molecule has 0 spiro atoms. The number of carbonyl (C=O) groups is 2. The molecule has 1 heterocycles. The van der Waals surface area contributed by atoms with Gasteiger partial charge in [-0.3, -0.25) is 14.5 Å². The van der Waals surface area contributed by atoms with Crippen LogP contribution < -0.4 is 5.32 Å². The van der Waals surface area contributed by atoms with Crippen molar-refractivity contribution in [1.82, 2.24) is 10.2 Å². The smallest absolute Gasteiger partial charge is 0.237 e. The number of likely N-dealkylation sites (tertiary alicyclic amines) is 1. The van der Waals surface area contributed by atoms with Gasteiger partial charge in [0.2, 0.25) is 5.91 Å². The van der Waals surface area contributed by atoms with Crippen molar-refractivity contribution in [2.75, 3.05) is 26.4 Å². The van der Waals surface area contributed by atoms with Crippen LogP contribution in [0, 0.1) is 0 Å². The first-order chi connectivity index (χ1) is 10.2. The number of nitrogens with one attached hydrogen (secondary N) is 1. The van der Waals surface area contributed by atoms with Crippen LogP contribution in [0.5, 0.6) is 0 Å². The van der Waals surface area contributed by atoms with Crippen LogP contribution in [-0.4, -0.2) is 49.0 Å². The molecule has 114 valence electrons. The van der Waals surface area contributed by atoms with E-state index in [0.717, 1.165) is 30.7 Å². The predicted octanol–water partition coefficient (Wildman–Crippen LogP) is 2.19. The van der Waals surface area contributed by atoms with Crippen molar-refractivity contribution in [2.24, 2.45) is 0 Å². The van der Waals surface area contributed by atoms with Gasteiger partial charge in [-0.2, -0.15) is 0 Å². The summed E-state index contributed by atoms with van der Waals surface area (Å²) in [6, 6.07) is 7.49. The molecule has 4 nitrogen and oxygen atoms in total. The Morgan fingerprint density at radius 2 is 2.00 bits per heavy atom. The van der Waals surface area contributed by atoms with E-state index in [0.29, 0.717) is 12.1 Å². The Labute approximate surface area is 130 Å². The Kier molecular flexibility index (Phi) is 5.82. The SMILES string of the molecule is CNC(=O)C1CCCCN1CC(=O)c1ccc(SC)cc1. The molecule has 0 aromatic heterocycles. The summed E-state index contributed by atoms with van der Waals surface area (Å²) < 4.78 is 0. The Morgan fingerprint density at radius 3 is 2.62 bits per heavy atom. The first-order valence-corrected chi connectivity index (χ1v) is 8.51. The van der Waals surface area contributed by atoms with Gasteiger partial charge in [-0.05, 0) is 37.8 Å². The van der Waals surface area contributed by atoms with Gasteiger partial charge in [-0.25, -0.2) is 0 Å². The van der Waals surface area contributed by atoms with Crippen LogP contribution in [0.15, 0.2) is 29.2 Å². The molecule has 5 heteroatoms. The summed E-state index contributed by atoms with van der Waals surface area (Å²) in [6.45, 7) is 1.13. The van der Waals surface area contributed by atoms with E-state index in [1.165, 1.54) is 0 Å². The van der Waals surface area contributed by atoms with Gasteiger partial charge in [-0.1, -0.05) is 18.6 Å². The standard InChI is InChI=1S/C16H22N2O2S/c1-17-16(20)14-5-3-4-10-18(14)11-15(19)12-6-8-13(21-2)9-7-12/h6-9,14H,3-5,10-11H2,1-2H3,(H,17,20). The molecular weight excluding hydrogens is 284 g/mol. The molecule has 1 aromatic rings. The summed E-state index contributed by atoms with van der Waals surface area (Å²) in [5.41, 5.74) is 0.717. The Balaban J connectivity index is 2.03. The van der Waals surface area contributed by atoms with Gasteiger partial charge in [-0.15, -0.1) is 11.8 Å². The zero-order valence-electron chi connectivity index (χ0n) is 12.6. The Morgan fingerprint density at radius 1 is 1.29 bits per heavy atom. The van der Waals surface area contributed by atoms with Crippen LogP contribution in [0.4, 0.5) is 0 Å². The van der Waals surface area contributed by atoms with E-state index in [9.17, 15) is 9.59 Å². The molecule has 0 aliphatic carbocycles. The van der Waals surface area contributed by atoms with E-state index in [1.54, 1.807) is 18.8 Å². The third-order valence-electron chi connectivity index (χ3n) is 3.92. The normalized spacial score (nSPS) is 19.2. The predicted molar refractivity (Wildman–Crippen MR) is 85.8 cm³/mol. The maximum atomic E-state index is 12.4.